The van der Waals surface area contributed by atoms with Gasteiger partial charge in [-0.3, -0.25) is 0 Å². The summed E-state index contributed by atoms with van der Waals surface area (Å²) in [5, 5.41) is 4.70. The van der Waals surface area contributed by atoms with Gasteiger partial charge in [0.2, 0.25) is 0 Å². The Morgan fingerprint density at radius 3 is 2.64 bits per heavy atom. The fourth-order valence-electron chi connectivity index (χ4n) is 1.28. The Balaban J connectivity index is 2.45. The minimum atomic E-state index is 0.717. The van der Waals surface area contributed by atoms with Gasteiger partial charge in [0.05, 0.1) is 10.7 Å². The molecule has 0 fully saturated rings. The molecule has 3 heteroatoms. The molecule has 14 heavy (non-hydrogen) atoms. The van der Waals surface area contributed by atoms with Gasteiger partial charge in [0.15, 0.2) is 0 Å². The molecule has 1 heterocycles. The van der Waals surface area contributed by atoms with Gasteiger partial charge >= 0.3 is 0 Å². The molecule has 80 valence electrons. The summed E-state index contributed by atoms with van der Waals surface area (Å²) < 4.78 is 0. The van der Waals surface area contributed by atoms with Gasteiger partial charge in [0, 0.05) is 11.4 Å². The minimum absolute atomic E-state index is 0.717. The number of aryl methyl sites for hydroxylation is 2. The molecule has 0 unspecified atom stereocenters. The summed E-state index contributed by atoms with van der Waals surface area (Å²) in [7, 11) is 0. The maximum atomic E-state index is 4.51. The third-order valence-corrected chi connectivity index (χ3v) is 3.38. The first-order valence-electron chi connectivity index (χ1n) is 5.29. The predicted octanol–water partition coefficient (Wildman–Crippen LogP) is 2.76. The van der Waals surface area contributed by atoms with Crippen LogP contribution in [0.5, 0.6) is 0 Å². The molecule has 0 aliphatic rings. The van der Waals surface area contributed by atoms with E-state index in [1.807, 2.05) is 11.3 Å². The lowest BCUT2D eigenvalue weighted by molar-refractivity contribution is 0.554. The van der Waals surface area contributed by atoms with Crippen molar-refractivity contribution in [1.29, 1.82) is 0 Å². The van der Waals surface area contributed by atoms with Crippen molar-refractivity contribution in [2.75, 3.05) is 6.54 Å². The van der Waals surface area contributed by atoms with Gasteiger partial charge in [-0.1, -0.05) is 20.8 Å². The summed E-state index contributed by atoms with van der Waals surface area (Å²) >= 11 is 1.84. The second kappa shape index (κ2) is 5.47. The van der Waals surface area contributed by atoms with Gasteiger partial charge in [-0.15, -0.1) is 11.3 Å². The Kier molecular flexibility index (Phi) is 4.55. The molecular formula is C11H20N2S. The zero-order chi connectivity index (χ0) is 10.6. The fourth-order valence-corrected chi connectivity index (χ4v) is 2.26. The third-order valence-electron chi connectivity index (χ3n) is 2.08. The van der Waals surface area contributed by atoms with Crippen LogP contribution in [0.3, 0.4) is 0 Å². The van der Waals surface area contributed by atoms with Crippen molar-refractivity contribution in [3.8, 4) is 0 Å². The molecule has 2 nitrogen and oxygen atoms in total. The van der Waals surface area contributed by atoms with Crippen molar-refractivity contribution >= 4 is 11.3 Å². The summed E-state index contributed by atoms with van der Waals surface area (Å²) in [6.07, 6.45) is 1.05. The van der Waals surface area contributed by atoms with Crippen LogP contribution in [0.2, 0.25) is 0 Å². The second-order valence-electron chi connectivity index (χ2n) is 3.99. The van der Waals surface area contributed by atoms with Crippen LogP contribution in [0.25, 0.3) is 0 Å². The van der Waals surface area contributed by atoms with E-state index in [1.165, 1.54) is 15.6 Å². The Bertz CT molecular complexity index is 279. The normalized spacial score (nSPS) is 11.2. The quantitative estimate of drug-likeness (QED) is 0.812. The SMILES string of the molecule is CCc1nc(C)c(CNCC(C)C)s1. The lowest BCUT2D eigenvalue weighted by atomic mass is 10.2. The van der Waals surface area contributed by atoms with Crippen LogP contribution < -0.4 is 5.32 Å². The zero-order valence-electron chi connectivity index (χ0n) is 9.55. The second-order valence-corrected chi connectivity index (χ2v) is 5.16. The van der Waals surface area contributed by atoms with Crippen LogP contribution in [-0.4, -0.2) is 11.5 Å². The molecule has 1 aromatic rings. The number of aromatic nitrogens is 1. The predicted molar refractivity (Wildman–Crippen MR) is 62.8 cm³/mol. The van der Waals surface area contributed by atoms with Crippen LogP contribution in [0, 0.1) is 12.8 Å². The number of hydrogen-bond acceptors (Lipinski definition) is 3. The molecule has 0 atom stereocenters. The molecule has 0 aromatic carbocycles. The van der Waals surface area contributed by atoms with Crippen LogP contribution in [-0.2, 0) is 13.0 Å². The molecular weight excluding hydrogens is 192 g/mol. The van der Waals surface area contributed by atoms with E-state index >= 15 is 0 Å². The smallest absolute Gasteiger partial charge is 0.0928 e. The Labute approximate surface area is 90.8 Å². The van der Waals surface area contributed by atoms with Crippen LogP contribution in [0.15, 0.2) is 0 Å². The van der Waals surface area contributed by atoms with Crippen molar-refractivity contribution in [3.05, 3.63) is 15.6 Å². The van der Waals surface area contributed by atoms with Gasteiger partial charge in [0.25, 0.3) is 0 Å². The molecule has 1 aromatic heterocycles. The molecule has 0 bridgehead atoms. The molecule has 0 radical (unpaired) electrons. The lowest BCUT2D eigenvalue weighted by Crippen LogP contribution is -2.18. The van der Waals surface area contributed by atoms with Crippen molar-refractivity contribution in [2.24, 2.45) is 5.92 Å². The summed E-state index contributed by atoms with van der Waals surface area (Å²) in [4.78, 5) is 5.90. The van der Waals surface area contributed by atoms with E-state index in [0.29, 0.717) is 5.92 Å². The lowest BCUT2D eigenvalue weighted by Gasteiger charge is -2.05. The maximum Gasteiger partial charge on any atom is 0.0928 e. The molecule has 1 N–H and O–H groups in total. The van der Waals surface area contributed by atoms with Crippen LogP contribution >= 0.6 is 11.3 Å². The van der Waals surface area contributed by atoms with E-state index in [0.717, 1.165) is 19.5 Å². The first-order valence-corrected chi connectivity index (χ1v) is 6.11. The largest absolute Gasteiger partial charge is 0.312 e. The third kappa shape index (κ3) is 3.39. The average Bonchev–Trinajstić information content (AvgIpc) is 2.47. The number of nitrogens with one attached hydrogen (secondary N) is 1. The average molecular weight is 212 g/mol. The summed E-state index contributed by atoms with van der Waals surface area (Å²) in [6, 6.07) is 0. The number of hydrogen-bond donors (Lipinski definition) is 1. The van der Waals surface area contributed by atoms with Crippen molar-refractivity contribution < 1.29 is 0 Å². The highest BCUT2D eigenvalue weighted by Crippen LogP contribution is 2.18. The minimum Gasteiger partial charge on any atom is -0.312 e. The number of thiazole rings is 1. The molecule has 0 aliphatic heterocycles. The molecule has 0 amide bonds. The van der Waals surface area contributed by atoms with Crippen molar-refractivity contribution in [1.82, 2.24) is 10.3 Å². The molecule has 0 saturated heterocycles. The van der Waals surface area contributed by atoms with E-state index in [1.54, 1.807) is 0 Å². The Morgan fingerprint density at radius 2 is 2.14 bits per heavy atom. The number of nitrogens with zero attached hydrogens (tertiary/aromatic N) is 1. The van der Waals surface area contributed by atoms with Crippen molar-refractivity contribution in [2.45, 2.75) is 40.7 Å². The van der Waals surface area contributed by atoms with Crippen LogP contribution in [0.1, 0.15) is 36.3 Å². The molecule has 0 aliphatic carbocycles. The summed E-state index contributed by atoms with van der Waals surface area (Å²) in [6.45, 7) is 10.8. The topological polar surface area (TPSA) is 24.9 Å². The Morgan fingerprint density at radius 1 is 1.43 bits per heavy atom. The monoisotopic (exact) mass is 212 g/mol. The molecule has 0 saturated carbocycles. The highest BCUT2D eigenvalue weighted by molar-refractivity contribution is 7.11. The van der Waals surface area contributed by atoms with Gasteiger partial charge in [-0.2, -0.15) is 0 Å². The highest BCUT2D eigenvalue weighted by atomic mass is 32.1. The van der Waals surface area contributed by atoms with Gasteiger partial charge in [-0.25, -0.2) is 4.98 Å². The van der Waals surface area contributed by atoms with Crippen LogP contribution in [0.4, 0.5) is 0 Å². The van der Waals surface area contributed by atoms with Gasteiger partial charge in [-0.05, 0) is 25.8 Å². The standard InChI is InChI=1S/C11H20N2S/c1-5-11-13-9(4)10(14-11)7-12-6-8(2)3/h8,12H,5-7H2,1-4H3. The van der Waals surface area contributed by atoms with E-state index < -0.39 is 0 Å². The molecule has 0 spiro atoms. The number of rotatable bonds is 5. The highest BCUT2D eigenvalue weighted by Gasteiger charge is 2.05. The van der Waals surface area contributed by atoms with E-state index in [-0.39, 0.29) is 0 Å². The first kappa shape index (κ1) is 11.7. The van der Waals surface area contributed by atoms with E-state index in [4.69, 9.17) is 0 Å². The molecule has 1 rings (SSSR count). The van der Waals surface area contributed by atoms with Gasteiger partial charge in [0.1, 0.15) is 0 Å². The Hall–Kier alpha value is -0.410. The maximum absolute atomic E-state index is 4.51. The van der Waals surface area contributed by atoms with Gasteiger partial charge < -0.3 is 5.32 Å². The summed E-state index contributed by atoms with van der Waals surface area (Å²) in [5.41, 5.74) is 1.20. The van der Waals surface area contributed by atoms with Crippen molar-refractivity contribution in [3.63, 3.8) is 0 Å². The first-order chi connectivity index (χ1) is 6.63. The summed E-state index contributed by atoms with van der Waals surface area (Å²) in [5.74, 6) is 0.717. The zero-order valence-corrected chi connectivity index (χ0v) is 10.4. The van der Waals surface area contributed by atoms with E-state index in [2.05, 4.69) is 38.0 Å². The fraction of sp³-hybridized carbons (Fsp3) is 0.727. The van der Waals surface area contributed by atoms with E-state index in [9.17, 15) is 0 Å².